The first-order chi connectivity index (χ1) is 14.5. The first kappa shape index (κ1) is 19.8. The standard InChI is InChI=1S/C21H16ClN5O2S/c1-12-3-2-4-15(22)18(12)26-19(28)13-5-6-16-17(11-13)30-21(25-16)27-20(29)24-14-7-9-23-10-8-14/h2-11H,1H3,(H,26,28)(H2,23,24,25,27,29). The van der Waals surface area contributed by atoms with E-state index in [1.54, 1.807) is 48.8 Å². The number of para-hydroxylation sites is 1. The third kappa shape index (κ3) is 4.40. The molecule has 2 aromatic heterocycles. The van der Waals surface area contributed by atoms with Crippen molar-refractivity contribution in [2.45, 2.75) is 6.92 Å². The normalized spacial score (nSPS) is 10.6. The highest BCUT2D eigenvalue weighted by Gasteiger charge is 2.13. The Morgan fingerprint density at radius 3 is 2.57 bits per heavy atom. The summed E-state index contributed by atoms with van der Waals surface area (Å²) in [6.45, 7) is 1.88. The van der Waals surface area contributed by atoms with E-state index in [2.05, 4.69) is 25.9 Å². The van der Waals surface area contributed by atoms with E-state index in [0.717, 1.165) is 10.3 Å². The Kier molecular flexibility index (Phi) is 5.60. The molecule has 0 radical (unpaired) electrons. The largest absolute Gasteiger partial charge is 0.325 e. The van der Waals surface area contributed by atoms with Crippen LogP contribution >= 0.6 is 22.9 Å². The zero-order valence-corrected chi connectivity index (χ0v) is 17.3. The summed E-state index contributed by atoms with van der Waals surface area (Å²) in [5.74, 6) is -0.272. The summed E-state index contributed by atoms with van der Waals surface area (Å²) in [4.78, 5) is 33.1. The number of anilines is 3. The second-order valence-corrected chi connectivity index (χ2v) is 7.84. The number of nitrogens with zero attached hydrogens (tertiary/aromatic N) is 2. The molecule has 0 saturated carbocycles. The molecule has 0 atom stereocenters. The molecule has 0 saturated heterocycles. The van der Waals surface area contributed by atoms with Crippen LogP contribution in [0.15, 0.2) is 60.9 Å². The minimum absolute atomic E-state index is 0.272. The minimum Gasteiger partial charge on any atom is -0.320 e. The summed E-state index contributed by atoms with van der Waals surface area (Å²) < 4.78 is 0.776. The van der Waals surface area contributed by atoms with Gasteiger partial charge in [0.25, 0.3) is 5.91 Å². The lowest BCUT2D eigenvalue weighted by atomic mass is 10.1. The second kappa shape index (κ2) is 8.48. The van der Waals surface area contributed by atoms with Gasteiger partial charge in [0.2, 0.25) is 0 Å². The lowest BCUT2D eigenvalue weighted by Crippen LogP contribution is -2.19. The zero-order chi connectivity index (χ0) is 21.1. The van der Waals surface area contributed by atoms with Gasteiger partial charge < -0.3 is 10.6 Å². The molecule has 0 aliphatic carbocycles. The van der Waals surface area contributed by atoms with E-state index in [4.69, 9.17) is 11.6 Å². The van der Waals surface area contributed by atoms with Crippen molar-refractivity contribution in [3.63, 3.8) is 0 Å². The van der Waals surface area contributed by atoms with Crippen molar-refractivity contribution >= 4 is 61.6 Å². The number of amides is 3. The van der Waals surface area contributed by atoms with Crippen molar-refractivity contribution in [3.8, 4) is 0 Å². The van der Waals surface area contributed by atoms with Gasteiger partial charge in [-0.25, -0.2) is 9.78 Å². The maximum absolute atomic E-state index is 12.7. The molecule has 0 spiro atoms. The van der Waals surface area contributed by atoms with Crippen LogP contribution in [-0.2, 0) is 0 Å². The van der Waals surface area contributed by atoms with Crippen LogP contribution in [-0.4, -0.2) is 21.9 Å². The average molecular weight is 438 g/mol. The summed E-state index contributed by atoms with van der Waals surface area (Å²) >= 11 is 7.47. The van der Waals surface area contributed by atoms with E-state index in [9.17, 15) is 9.59 Å². The molecule has 0 aliphatic rings. The van der Waals surface area contributed by atoms with Gasteiger partial charge in [-0.05, 0) is 48.9 Å². The Bertz CT molecular complexity index is 1220. The molecule has 2 heterocycles. The number of thiazole rings is 1. The first-order valence-corrected chi connectivity index (χ1v) is 10.1. The SMILES string of the molecule is Cc1cccc(Cl)c1NC(=O)c1ccc2nc(NC(=O)Nc3ccncc3)sc2c1. The number of halogens is 1. The number of nitrogens with one attached hydrogen (secondary N) is 3. The molecule has 2 aromatic carbocycles. The van der Waals surface area contributed by atoms with Gasteiger partial charge in [0, 0.05) is 23.6 Å². The van der Waals surface area contributed by atoms with Gasteiger partial charge in [-0.1, -0.05) is 35.1 Å². The number of carbonyl (C=O) groups is 2. The Labute approximate surface area is 181 Å². The number of rotatable bonds is 4. The molecule has 3 N–H and O–H groups in total. The van der Waals surface area contributed by atoms with Crippen LogP contribution in [0.25, 0.3) is 10.2 Å². The highest BCUT2D eigenvalue weighted by atomic mass is 35.5. The van der Waals surface area contributed by atoms with Gasteiger partial charge in [-0.2, -0.15) is 0 Å². The van der Waals surface area contributed by atoms with E-state index in [0.29, 0.717) is 32.6 Å². The van der Waals surface area contributed by atoms with Crippen molar-refractivity contribution < 1.29 is 9.59 Å². The predicted octanol–water partition coefficient (Wildman–Crippen LogP) is 5.55. The van der Waals surface area contributed by atoms with Crippen LogP contribution in [0.1, 0.15) is 15.9 Å². The van der Waals surface area contributed by atoms with Crippen molar-refractivity contribution in [3.05, 3.63) is 77.1 Å². The number of fused-ring (bicyclic) bond motifs is 1. The Hall–Kier alpha value is -3.49. The summed E-state index contributed by atoms with van der Waals surface area (Å²) in [5.41, 5.74) is 3.24. The fourth-order valence-corrected chi connectivity index (χ4v) is 3.96. The molecule has 0 unspecified atom stereocenters. The first-order valence-electron chi connectivity index (χ1n) is 8.95. The van der Waals surface area contributed by atoms with Crippen molar-refractivity contribution in [1.82, 2.24) is 9.97 Å². The average Bonchev–Trinajstić information content (AvgIpc) is 3.12. The van der Waals surface area contributed by atoms with Gasteiger partial charge in [-0.15, -0.1) is 0 Å². The number of aromatic nitrogens is 2. The molecule has 7 nitrogen and oxygen atoms in total. The number of pyridine rings is 1. The molecule has 0 fully saturated rings. The maximum atomic E-state index is 12.7. The molecule has 150 valence electrons. The van der Waals surface area contributed by atoms with Gasteiger partial charge in [-0.3, -0.25) is 15.1 Å². The molecular weight excluding hydrogens is 422 g/mol. The van der Waals surface area contributed by atoms with Crippen LogP contribution in [0.3, 0.4) is 0 Å². The molecule has 9 heteroatoms. The van der Waals surface area contributed by atoms with Crippen LogP contribution in [0.4, 0.5) is 21.3 Å². The maximum Gasteiger partial charge on any atom is 0.325 e. The van der Waals surface area contributed by atoms with Crippen molar-refractivity contribution in [1.29, 1.82) is 0 Å². The minimum atomic E-state index is -0.410. The lowest BCUT2D eigenvalue weighted by molar-refractivity contribution is 0.102. The summed E-state index contributed by atoms with van der Waals surface area (Å²) in [5, 5.41) is 9.17. The summed E-state index contributed by atoms with van der Waals surface area (Å²) in [6, 6.07) is 13.6. The quantitative estimate of drug-likeness (QED) is 0.390. The van der Waals surface area contributed by atoms with Gasteiger partial charge >= 0.3 is 6.03 Å². The fourth-order valence-electron chi connectivity index (χ4n) is 2.79. The Morgan fingerprint density at radius 1 is 1.00 bits per heavy atom. The summed E-state index contributed by atoms with van der Waals surface area (Å²) in [6.07, 6.45) is 3.17. The van der Waals surface area contributed by atoms with Crippen molar-refractivity contribution in [2.75, 3.05) is 16.0 Å². The topological polar surface area (TPSA) is 96.0 Å². The molecule has 30 heavy (non-hydrogen) atoms. The van der Waals surface area contributed by atoms with E-state index >= 15 is 0 Å². The zero-order valence-electron chi connectivity index (χ0n) is 15.8. The Balaban J connectivity index is 1.49. The predicted molar refractivity (Wildman–Crippen MR) is 121 cm³/mol. The number of carbonyl (C=O) groups excluding carboxylic acids is 2. The smallest absolute Gasteiger partial charge is 0.320 e. The van der Waals surface area contributed by atoms with Crippen LogP contribution in [0.5, 0.6) is 0 Å². The molecule has 0 aliphatic heterocycles. The van der Waals surface area contributed by atoms with Crippen LogP contribution in [0, 0.1) is 6.92 Å². The monoisotopic (exact) mass is 437 g/mol. The highest BCUT2D eigenvalue weighted by Crippen LogP contribution is 2.29. The third-order valence-electron chi connectivity index (χ3n) is 4.27. The second-order valence-electron chi connectivity index (χ2n) is 6.40. The van der Waals surface area contributed by atoms with E-state index < -0.39 is 6.03 Å². The number of urea groups is 1. The van der Waals surface area contributed by atoms with Gasteiger partial charge in [0.15, 0.2) is 5.13 Å². The van der Waals surface area contributed by atoms with E-state index in [-0.39, 0.29) is 5.91 Å². The number of aryl methyl sites for hydroxylation is 1. The number of hydrogen-bond donors (Lipinski definition) is 3. The summed E-state index contributed by atoms with van der Waals surface area (Å²) in [7, 11) is 0. The van der Waals surface area contributed by atoms with Gasteiger partial charge in [0.05, 0.1) is 20.9 Å². The van der Waals surface area contributed by atoms with Gasteiger partial charge in [0.1, 0.15) is 0 Å². The number of hydrogen-bond acceptors (Lipinski definition) is 5. The number of benzene rings is 2. The lowest BCUT2D eigenvalue weighted by Gasteiger charge is -2.10. The van der Waals surface area contributed by atoms with E-state index in [1.807, 2.05) is 19.1 Å². The Morgan fingerprint density at radius 2 is 1.80 bits per heavy atom. The fraction of sp³-hybridized carbons (Fsp3) is 0.0476. The van der Waals surface area contributed by atoms with Crippen LogP contribution < -0.4 is 16.0 Å². The molecule has 4 aromatic rings. The molecular formula is C21H16ClN5O2S. The molecule has 0 bridgehead atoms. The molecule has 3 amide bonds. The van der Waals surface area contributed by atoms with Crippen molar-refractivity contribution in [2.24, 2.45) is 0 Å². The molecule has 4 rings (SSSR count). The van der Waals surface area contributed by atoms with Crippen LogP contribution in [0.2, 0.25) is 5.02 Å². The highest BCUT2D eigenvalue weighted by molar-refractivity contribution is 7.22. The third-order valence-corrected chi connectivity index (χ3v) is 5.52. The van der Waals surface area contributed by atoms with E-state index in [1.165, 1.54) is 11.3 Å².